The van der Waals surface area contributed by atoms with Gasteiger partial charge in [0.15, 0.2) is 6.33 Å². The number of carbonyl (C=O) groups is 1. The Morgan fingerprint density at radius 2 is 2.28 bits per heavy atom. The molecule has 0 radical (unpaired) electrons. The standard InChI is InChI=1S/C11H13N5O2/c1-7-4-3-5-9(8(2)18-11(12)17)10(7)16-14-6-13-15-16/h3-6,8H,1-2H3,(H2,12,17). The lowest BCUT2D eigenvalue weighted by atomic mass is 10.0. The predicted octanol–water partition coefficient (Wildman–Crippen LogP) is 1.13. The number of hydrogen-bond acceptors (Lipinski definition) is 5. The van der Waals surface area contributed by atoms with Crippen molar-refractivity contribution in [3.8, 4) is 5.69 Å². The van der Waals surface area contributed by atoms with E-state index < -0.39 is 12.2 Å². The van der Waals surface area contributed by atoms with Gasteiger partial charge in [-0.1, -0.05) is 18.2 Å². The molecule has 7 nitrogen and oxygen atoms in total. The normalized spacial score (nSPS) is 12.1. The van der Waals surface area contributed by atoms with Crippen LogP contribution in [0.2, 0.25) is 0 Å². The fourth-order valence-electron chi connectivity index (χ4n) is 1.79. The third-order valence-electron chi connectivity index (χ3n) is 2.55. The molecule has 1 aromatic carbocycles. The van der Waals surface area contributed by atoms with Gasteiger partial charge in [-0.3, -0.25) is 0 Å². The molecule has 0 spiro atoms. The molecular weight excluding hydrogens is 234 g/mol. The van der Waals surface area contributed by atoms with Crippen molar-refractivity contribution in [1.82, 2.24) is 20.2 Å². The van der Waals surface area contributed by atoms with Gasteiger partial charge in [-0.15, -0.1) is 15.0 Å². The first-order valence-electron chi connectivity index (χ1n) is 5.38. The molecule has 1 heterocycles. The second kappa shape index (κ2) is 4.82. The van der Waals surface area contributed by atoms with Gasteiger partial charge in [-0.25, -0.2) is 4.79 Å². The SMILES string of the molecule is Cc1cccc(C(C)OC(N)=O)c1-n1ncnn1. The van der Waals surface area contributed by atoms with E-state index in [1.165, 1.54) is 11.1 Å². The molecule has 1 atom stereocenters. The summed E-state index contributed by atoms with van der Waals surface area (Å²) in [7, 11) is 0. The molecule has 2 rings (SSSR count). The van der Waals surface area contributed by atoms with Crippen molar-refractivity contribution in [2.45, 2.75) is 20.0 Å². The lowest BCUT2D eigenvalue weighted by Gasteiger charge is -2.16. The number of aryl methyl sites for hydroxylation is 1. The van der Waals surface area contributed by atoms with Crippen molar-refractivity contribution < 1.29 is 9.53 Å². The van der Waals surface area contributed by atoms with Crippen molar-refractivity contribution in [3.63, 3.8) is 0 Å². The Bertz CT molecular complexity index is 553. The van der Waals surface area contributed by atoms with Crippen LogP contribution in [0.1, 0.15) is 24.2 Å². The van der Waals surface area contributed by atoms with Crippen LogP contribution < -0.4 is 5.73 Å². The molecule has 1 aromatic heterocycles. The minimum absolute atomic E-state index is 0.483. The summed E-state index contributed by atoms with van der Waals surface area (Å²) in [6.07, 6.45) is 0.0421. The summed E-state index contributed by atoms with van der Waals surface area (Å²) in [6, 6.07) is 5.62. The third kappa shape index (κ3) is 2.29. The van der Waals surface area contributed by atoms with E-state index in [-0.39, 0.29) is 0 Å². The molecule has 2 aromatic rings. The highest BCUT2D eigenvalue weighted by atomic mass is 16.6. The van der Waals surface area contributed by atoms with Gasteiger partial charge in [-0.05, 0) is 24.6 Å². The first-order valence-corrected chi connectivity index (χ1v) is 5.38. The van der Waals surface area contributed by atoms with Crippen LogP contribution in [0.5, 0.6) is 0 Å². The Kier molecular flexibility index (Phi) is 3.22. The fourth-order valence-corrected chi connectivity index (χ4v) is 1.79. The molecule has 18 heavy (non-hydrogen) atoms. The van der Waals surface area contributed by atoms with Crippen LogP contribution in [0.3, 0.4) is 0 Å². The average Bonchev–Trinajstić information content (AvgIpc) is 2.80. The largest absolute Gasteiger partial charge is 0.442 e. The van der Waals surface area contributed by atoms with Gasteiger partial charge in [0.2, 0.25) is 0 Å². The van der Waals surface area contributed by atoms with E-state index in [9.17, 15) is 4.79 Å². The van der Waals surface area contributed by atoms with Crippen LogP contribution in [0.15, 0.2) is 24.5 Å². The molecule has 0 saturated carbocycles. The summed E-state index contributed by atoms with van der Waals surface area (Å²) in [5, 5.41) is 11.5. The Morgan fingerprint density at radius 3 is 2.89 bits per heavy atom. The van der Waals surface area contributed by atoms with Gasteiger partial charge >= 0.3 is 6.09 Å². The van der Waals surface area contributed by atoms with Gasteiger partial charge in [0, 0.05) is 5.56 Å². The van der Waals surface area contributed by atoms with Crippen LogP contribution >= 0.6 is 0 Å². The van der Waals surface area contributed by atoms with E-state index in [1.54, 1.807) is 6.92 Å². The third-order valence-corrected chi connectivity index (χ3v) is 2.55. The first kappa shape index (κ1) is 12.0. The summed E-state index contributed by atoms with van der Waals surface area (Å²) in [5.74, 6) is 0. The summed E-state index contributed by atoms with van der Waals surface area (Å²) >= 11 is 0. The molecule has 7 heteroatoms. The maximum atomic E-state index is 10.8. The number of rotatable bonds is 3. The number of para-hydroxylation sites is 1. The molecule has 2 N–H and O–H groups in total. The molecule has 0 aliphatic rings. The van der Waals surface area contributed by atoms with Crippen LogP contribution in [-0.4, -0.2) is 26.3 Å². The van der Waals surface area contributed by atoms with Crippen LogP contribution in [-0.2, 0) is 4.74 Å². The Balaban J connectivity index is 2.48. The minimum atomic E-state index is -0.818. The van der Waals surface area contributed by atoms with Gasteiger partial charge in [0.1, 0.15) is 6.10 Å². The number of nitrogens with two attached hydrogens (primary N) is 1. The number of benzene rings is 1. The smallest absolute Gasteiger partial charge is 0.405 e. The lowest BCUT2D eigenvalue weighted by molar-refractivity contribution is 0.116. The van der Waals surface area contributed by atoms with Crippen molar-refractivity contribution in [2.24, 2.45) is 5.73 Å². The molecule has 0 bridgehead atoms. The van der Waals surface area contributed by atoms with Crippen molar-refractivity contribution in [1.29, 1.82) is 0 Å². The molecule has 0 aliphatic heterocycles. The molecule has 0 fully saturated rings. The Labute approximate surface area is 104 Å². The van der Waals surface area contributed by atoms with Crippen LogP contribution in [0.4, 0.5) is 4.79 Å². The highest BCUT2D eigenvalue weighted by molar-refractivity contribution is 5.65. The zero-order chi connectivity index (χ0) is 13.1. The fraction of sp³-hybridized carbons (Fsp3) is 0.273. The number of carbonyl (C=O) groups excluding carboxylic acids is 1. The molecule has 1 amide bonds. The first-order chi connectivity index (χ1) is 8.59. The number of hydrogen-bond donors (Lipinski definition) is 1. The zero-order valence-corrected chi connectivity index (χ0v) is 10.1. The summed E-state index contributed by atoms with van der Waals surface area (Å²) in [6.45, 7) is 3.65. The summed E-state index contributed by atoms with van der Waals surface area (Å²) < 4.78 is 4.98. The van der Waals surface area contributed by atoms with Crippen LogP contribution in [0.25, 0.3) is 5.69 Å². The Hall–Kier alpha value is -2.44. The summed E-state index contributed by atoms with van der Waals surface area (Å²) in [5.41, 5.74) is 7.49. The van der Waals surface area contributed by atoms with E-state index in [0.717, 1.165) is 16.8 Å². The maximum absolute atomic E-state index is 10.8. The van der Waals surface area contributed by atoms with Crippen molar-refractivity contribution in [2.75, 3.05) is 0 Å². The highest BCUT2D eigenvalue weighted by Gasteiger charge is 2.17. The average molecular weight is 247 g/mol. The minimum Gasteiger partial charge on any atom is -0.442 e. The van der Waals surface area contributed by atoms with E-state index in [2.05, 4.69) is 15.4 Å². The lowest BCUT2D eigenvalue weighted by Crippen LogP contribution is -2.17. The molecular formula is C11H13N5O2. The van der Waals surface area contributed by atoms with E-state index in [4.69, 9.17) is 10.5 Å². The molecule has 1 unspecified atom stereocenters. The van der Waals surface area contributed by atoms with E-state index in [1.807, 2.05) is 25.1 Å². The molecule has 0 saturated heterocycles. The highest BCUT2D eigenvalue weighted by Crippen LogP contribution is 2.25. The molecule has 94 valence electrons. The number of amides is 1. The maximum Gasteiger partial charge on any atom is 0.405 e. The predicted molar refractivity (Wildman–Crippen MR) is 63.0 cm³/mol. The summed E-state index contributed by atoms with van der Waals surface area (Å²) in [4.78, 5) is 12.2. The zero-order valence-electron chi connectivity index (χ0n) is 10.1. The van der Waals surface area contributed by atoms with Crippen LogP contribution in [0, 0.1) is 6.92 Å². The topological polar surface area (TPSA) is 95.9 Å². The van der Waals surface area contributed by atoms with Gasteiger partial charge in [0.25, 0.3) is 0 Å². The van der Waals surface area contributed by atoms with Crippen molar-refractivity contribution >= 4 is 6.09 Å². The number of tetrazole rings is 1. The van der Waals surface area contributed by atoms with Gasteiger partial charge in [-0.2, -0.15) is 0 Å². The number of nitrogens with zero attached hydrogens (tertiary/aromatic N) is 4. The second-order valence-corrected chi connectivity index (χ2v) is 3.82. The molecule has 0 aliphatic carbocycles. The second-order valence-electron chi connectivity index (χ2n) is 3.82. The Morgan fingerprint density at radius 1 is 1.50 bits per heavy atom. The van der Waals surface area contributed by atoms with Crippen molar-refractivity contribution in [3.05, 3.63) is 35.7 Å². The van der Waals surface area contributed by atoms with Gasteiger partial charge in [0.05, 0.1) is 5.69 Å². The number of ether oxygens (including phenoxy) is 1. The van der Waals surface area contributed by atoms with Gasteiger partial charge < -0.3 is 10.5 Å². The number of primary amides is 1. The quantitative estimate of drug-likeness (QED) is 0.876. The number of aromatic nitrogens is 4. The monoisotopic (exact) mass is 247 g/mol. The van der Waals surface area contributed by atoms with E-state index >= 15 is 0 Å². The van der Waals surface area contributed by atoms with E-state index in [0.29, 0.717) is 0 Å².